The molecule has 0 fully saturated rings. The molecule has 4 rings (SSSR count). The Bertz CT molecular complexity index is 1350. The lowest BCUT2D eigenvalue weighted by molar-refractivity contribution is -0.118. The van der Waals surface area contributed by atoms with E-state index in [1.54, 1.807) is 6.21 Å². The molecule has 4 aromatic rings. The highest BCUT2D eigenvalue weighted by Gasteiger charge is 2.17. The van der Waals surface area contributed by atoms with Crippen LogP contribution in [0.3, 0.4) is 0 Å². The van der Waals surface area contributed by atoms with E-state index in [2.05, 4.69) is 51.6 Å². The van der Waals surface area contributed by atoms with E-state index in [0.717, 1.165) is 35.5 Å². The number of thioether (sulfide) groups is 1. The Morgan fingerprint density at radius 3 is 2.32 bits per heavy atom. The minimum atomic E-state index is -0.229. The number of hydrogen-bond acceptors (Lipinski definition) is 6. The summed E-state index contributed by atoms with van der Waals surface area (Å²) < 4.78 is 1.95. The zero-order chi connectivity index (χ0) is 26.2. The van der Waals surface area contributed by atoms with Crippen LogP contribution in [0.2, 0.25) is 5.02 Å². The fraction of sp³-hybridized carbons (Fsp3) is 0.214. The second-order valence-electron chi connectivity index (χ2n) is 8.33. The van der Waals surface area contributed by atoms with Crippen LogP contribution in [0, 0.1) is 6.92 Å². The van der Waals surface area contributed by atoms with Crippen LogP contribution in [0.1, 0.15) is 25.0 Å². The SMILES string of the molecule is CCN(CC)c1ccc(/C=N\NC(=O)CSc2nnc(-c3ccc(Cl)cc3)n2-c2ccc(C)cc2)cc1. The van der Waals surface area contributed by atoms with Gasteiger partial charge in [-0.05, 0) is 74.9 Å². The third-order valence-corrected chi connectivity index (χ3v) is 6.97. The normalized spacial score (nSPS) is 11.1. The van der Waals surface area contributed by atoms with E-state index in [0.29, 0.717) is 16.0 Å². The Morgan fingerprint density at radius 1 is 1.00 bits per heavy atom. The maximum atomic E-state index is 12.5. The van der Waals surface area contributed by atoms with Crippen molar-refractivity contribution in [2.45, 2.75) is 25.9 Å². The van der Waals surface area contributed by atoms with Crippen LogP contribution in [0.4, 0.5) is 5.69 Å². The van der Waals surface area contributed by atoms with Crippen molar-refractivity contribution in [2.75, 3.05) is 23.7 Å². The van der Waals surface area contributed by atoms with E-state index in [4.69, 9.17) is 11.6 Å². The van der Waals surface area contributed by atoms with Gasteiger partial charge in [-0.25, -0.2) is 5.43 Å². The predicted octanol–water partition coefficient (Wildman–Crippen LogP) is 5.98. The van der Waals surface area contributed by atoms with E-state index in [9.17, 15) is 4.79 Å². The van der Waals surface area contributed by atoms with Crippen molar-refractivity contribution in [3.8, 4) is 17.1 Å². The molecule has 190 valence electrons. The molecule has 0 bridgehead atoms. The Morgan fingerprint density at radius 2 is 1.68 bits per heavy atom. The molecule has 0 radical (unpaired) electrons. The summed E-state index contributed by atoms with van der Waals surface area (Å²) in [7, 11) is 0. The summed E-state index contributed by atoms with van der Waals surface area (Å²) in [5.74, 6) is 0.588. The molecule has 0 saturated carbocycles. The number of carbonyl (C=O) groups is 1. The lowest BCUT2D eigenvalue weighted by atomic mass is 10.2. The molecule has 0 unspecified atom stereocenters. The van der Waals surface area contributed by atoms with E-state index in [-0.39, 0.29) is 11.7 Å². The van der Waals surface area contributed by atoms with Gasteiger partial charge in [-0.15, -0.1) is 10.2 Å². The number of aryl methyl sites for hydroxylation is 1. The predicted molar refractivity (Wildman–Crippen MR) is 153 cm³/mol. The summed E-state index contributed by atoms with van der Waals surface area (Å²) in [6, 6.07) is 23.6. The molecule has 1 N–H and O–H groups in total. The fourth-order valence-electron chi connectivity index (χ4n) is 3.78. The van der Waals surface area contributed by atoms with Crippen molar-refractivity contribution >= 4 is 41.2 Å². The Labute approximate surface area is 226 Å². The molecule has 0 aliphatic carbocycles. The summed E-state index contributed by atoms with van der Waals surface area (Å²) in [4.78, 5) is 14.8. The number of hydrazone groups is 1. The van der Waals surface area contributed by atoms with Gasteiger partial charge in [0, 0.05) is 35.1 Å². The van der Waals surface area contributed by atoms with Crippen LogP contribution in [0.15, 0.2) is 83.1 Å². The van der Waals surface area contributed by atoms with Gasteiger partial charge < -0.3 is 4.90 Å². The van der Waals surface area contributed by atoms with Gasteiger partial charge in [0.25, 0.3) is 5.91 Å². The summed E-state index contributed by atoms with van der Waals surface area (Å²) in [5, 5.41) is 14.2. The molecule has 0 aliphatic heterocycles. The first-order valence-electron chi connectivity index (χ1n) is 12.1. The largest absolute Gasteiger partial charge is 0.372 e. The second-order valence-corrected chi connectivity index (χ2v) is 9.71. The number of halogens is 1. The maximum absolute atomic E-state index is 12.5. The molecule has 0 saturated heterocycles. The van der Waals surface area contributed by atoms with E-state index >= 15 is 0 Å². The van der Waals surface area contributed by atoms with Crippen LogP contribution in [-0.2, 0) is 4.79 Å². The van der Waals surface area contributed by atoms with E-state index < -0.39 is 0 Å². The van der Waals surface area contributed by atoms with Crippen LogP contribution in [-0.4, -0.2) is 45.7 Å². The Kier molecular flexibility index (Phi) is 8.98. The number of benzene rings is 3. The van der Waals surface area contributed by atoms with Gasteiger partial charge in [-0.3, -0.25) is 9.36 Å². The molecule has 1 amide bonds. The van der Waals surface area contributed by atoms with Gasteiger partial charge in [0.15, 0.2) is 11.0 Å². The number of nitrogens with one attached hydrogen (secondary N) is 1. The highest BCUT2D eigenvalue weighted by molar-refractivity contribution is 7.99. The van der Waals surface area contributed by atoms with Crippen molar-refractivity contribution < 1.29 is 4.79 Å². The van der Waals surface area contributed by atoms with Crippen molar-refractivity contribution in [1.82, 2.24) is 20.2 Å². The zero-order valence-corrected chi connectivity index (χ0v) is 22.6. The monoisotopic (exact) mass is 532 g/mol. The molecule has 1 heterocycles. The third kappa shape index (κ3) is 6.78. The lowest BCUT2D eigenvalue weighted by Gasteiger charge is -2.20. The number of carbonyl (C=O) groups excluding carboxylic acids is 1. The van der Waals surface area contributed by atoms with Crippen molar-refractivity contribution in [1.29, 1.82) is 0 Å². The highest BCUT2D eigenvalue weighted by Crippen LogP contribution is 2.29. The smallest absolute Gasteiger partial charge is 0.250 e. The fourth-order valence-corrected chi connectivity index (χ4v) is 4.65. The number of hydrogen-bond donors (Lipinski definition) is 1. The summed E-state index contributed by atoms with van der Waals surface area (Å²) >= 11 is 7.37. The minimum absolute atomic E-state index is 0.142. The van der Waals surface area contributed by atoms with Crippen LogP contribution >= 0.6 is 23.4 Å². The highest BCUT2D eigenvalue weighted by atomic mass is 35.5. The second kappa shape index (κ2) is 12.6. The van der Waals surface area contributed by atoms with E-state index in [1.165, 1.54) is 17.4 Å². The molecule has 7 nitrogen and oxygen atoms in total. The van der Waals surface area contributed by atoms with Gasteiger partial charge >= 0.3 is 0 Å². The maximum Gasteiger partial charge on any atom is 0.250 e. The summed E-state index contributed by atoms with van der Waals surface area (Å²) in [5.41, 5.74) is 7.62. The number of rotatable bonds is 10. The van der Waals surface area contributed by atoms with E-state index in [1.807, 2.05) is 72.2 Å². The quantitative estimate of drug-likeness (QED) is 0.154. The summed E-state index contributed by atoms with van der Waals surface area (Å²) in [6.45, 7) is 8.21. The molecule has 37 heavy (non-hydrogen) atoms. The van der Waals surface area contributed by atoms with Gasteiger partial charge in [0.05, 0.1) is 12.0 Å². The number of nitrogens with zero attached hydrogens (tertiary/aromatic N) is 5. The first-order valence-corrected chi connectivity index (χ1v) is 13.4. The zero-order valence-electron chi connectivity index (χ0n) is 21.1. The van der Waals surface area contributed by atoms with Crippen molar-refractivity contribution in [3.63, 3.8) is 0 Å². The van der Waals surface area contributed by atoms with Gasteiger partial charge in [-0.1, -0.05) is 53.2 Å². The van der Waals surface area contributed by atoms with Crippen molar-refractivity contribution in [3.05, 3.63) is 88.9 Å². The third-order valence-electron chi connectivity index (χ3n) is 5.78. The van der Waals surface area contributed by atoms with Crippen LogP contribution in [0.5, 0.6) is 0 Å². The molecule has 3 aromatic carbocycles. The molecule has 0 spiro atoms. The average Bonchev–Trinajstić information content (AvgIpc) is 3.34. The molecule has 0 aliphatic rings. The topological polar surface area (TPSA) is 75.4 Å². The summed E-state index contributed by atoms with van der Waals surface area (Å²) in [6.07, 6.45) is 1.64. The average molecular weight is 533 g/mol. The van der Waals surface area contributed by atoms with Gasteiger partial charge in [0.1, 0.15) is 0 Å². The number of amides is 1. The first-order chi connectivity index (χ1) is 18.0. The number of aromatic nitrogens is 3. The van der Waals surface area contributed by atoms with Gasteiger partial charge in [-0.2, -0.15) is 5.10 Å². The van der Waals surface area contributed by atoms with Crippen molar-refractivity contribution in [2.24, 2.45) is 5.10 Å². The molecule has 1 aromatic heterocycles. The lowest BCUT2D eigenvalue weighted by Crippen LogP contribution is -2.21. The molecular weight excluding hydrogens is 504 g/mol. The van der Waals surface area contributed by atoms with Crippen LogP contribution < -0.4 is 10.3 Å². The number of anilines is 1. The first kappa shape index (κ1) is 26.4. The van der Waals surface area contributed by atoms with Gasteiger partial charge in [0.2, 0.25) is 0 Å². The molecule has 0 atom stereocenters. The van der Waals surface area contributed by atoms with Crippen LogP contribution in [0.25, 0.3) is 17.1 Å². The standard InChI is InChI=1S/C28H29ClN6OS/c1-4-34(5-2)24-16-8-21(9-17-24)18-30-31-26(36)19-37-28-33-32-27(22-10-12-23(29)13-11-22)35(28)25-14-6-20(3)7-15-25/h6-18H,4-5,19H2,1-3H3,(H,31,36)/b30-18-. The Hall–Kier alpha value is -3.62. The molecular formula is C28H29ClN6OS. The molecule has 9 heteroatoms. The Balaban J connectivity index is 1.44. The minimum Gasteiger partial charge on any atom is -0.372 e.